The number of aromatic hydroxyl groups is 1. The van der Waals surface area contributed by atoms with E-state index in [0.717, 1.165) is 10.3 Å². The van der Waals surface area contributed by atoms with E-state index in [0.29, 0.717) is 16.2 Å². The number of aliphatic hydroxyl groups excluding tert-OH is 1. The van der Waals surface area contributed by atoms with Gasteiger partial charge in [0.2, 0.25) is 10.0 Å². The summed E-state index contributed by atoms with van der Waals surface area (Å²) < 4.78 is 30.6. The number of fused-ring (bicyclic) bond motifs is 1. The molecule has 9 nitrogen and oxygen atoms in total. The van der Waals surface area contributed by atoms with Crippen LogP contribution in [0.5, 0.6) is 5.75 Å². The molecule has 0 fully saturated rings. The van der Waals surface area contributed by atoms with Crippen LogP contribution in [0.4, 0.5) is 5.13 Å². The summed E-state index contributed by atoms with van der Waals surface area (Å²) in [5.41, 5.74) is 2.25. The predicted octanol–water partition coefficient (Wildman–Crippen LogP) is 4.40. The molecule has 0 aliphatic carbocycles. The molecule has 2 unspecified atom stereocenters. The molecule has 2 atom stereocenters. The summed E-state index contributed by atoms with van der Waals surface area (Å²) in [6, 6.07) is 18.0. The molecule has 11 heteroatoms. The first-order valence-corrected chi connectivity index (χ1v) is 15.7. The summed E-state index contributed by atoms with van der Waals surface area (Å²) >= 11 is 1.36. The van der Waals surface area contributed by atoms with Crippen molar-refractivity contribution in [2.24, 2.45) is 5.92 Å². The number of carbonyl (C=O) groups is 1. The third-order valence-corrected chi connectivity index (χ3v) is 9.77. The molecule has 0 aliphatic heterocycles. The van der Waals surface area contributed by atoms with E-state index < -0.39 is 28.1 Å². The number of thiazole rings is 1. The molecule has 0 saturated carbocycles. The molecule has 0 spiro atoms. The molecule has 0 radical (unpaired) electrons. The highest BCUT2D eigenvalue weighted by Crippen LogP contribution is 2.31. The second-order valence-electron chi connectivity index (χ2n) is 10.4. The van der Waals surface area contributed by atoms with Crippen LogP contribution < -0.4 is 10.6 Å². The fraction of sp³-hybridized carbons (Fsp3) is 0.333. The lowest BCUT2D eigenvalue weighted by atomic mass is 10.00. The lowest BCUT2D eigenvalue weighted by molar-refractivity contribution is 0.0743. The van der Waals surface area contributed by atoms with Crippen LogP contribution in [-0.2, 0) is 16.4 Å². The van der Waals surface area contributed by atoms with Crippen LogP contribution in [0.25, 0.3) is 10.2 Å². The van der Waals surface area contributed by atoms with Gasteiger partial charge in [0.15, 0.2) is 5.13 Å². The van der Waals surface area contributed by atoms with E-state index in [1.807, 2.05) is 44.2 Å². The van der Waals surface area contributed by atoms with Crippen LogP contribution in [0.1, 0.15) is 35.3 Å². The molecule has 0 saturated heterocycles. The predicted molar refractivity (Wildman–Crippen MR) is 163 cm³/mol. The zero-order valence-corrected chi connectivity index (χ0v) is 25.2. The van der Waals surface area contributed by atoms with E-state index in [-0.39, 0.29) is 41.6 Å². The average Bonchev–Trinajstić information content (AvgIpc) is 3.38. The first-order valence-electron chi connectivity index (χ1n) is 13.4. The maximum absolute atomic E-state index is 14.2. The number of carbonyl (C=O) groups excluding carboxylic acids is 1. The molecular weight excluding hydrogens is 560 g/mol. The molecule has 218 valence electrons. The van der Waals surface area contributed by atoms with Gasteiger partial charge in [0.1, 0.15) is 5.75 Å². The lowest BCUT2D eigenvalue weighted by Gasteiger charge is -2.35. The van der Waals surface area contributed by atoms with Crippen molar-refractivity contribution in [3.63, 3.8) is 0 Å². The number of amides is 1. The Morgan fingerprint density at radius 1 is 1.07 bits per heavy atom. The van der Waals surface area contributed by atoms with E-state index >= 15 is 0 Å². The summed E-state index contributed by atoms with van der Waals surface area (Å²) in [7, 11) is -2.31. The van der Waals surface area contributed by atoms with Crippen molar-refractivity contribution in [3.8, 4) is 5.75 Å². The summed E-state index contributed by atoms with van der Waals surface area (Å²) in [5.74, 6) is -0.512. The van der Waals surface area contributed by atoms with Gasteiger partial charge in [-0.05, 0) is 55.2 Å². The smallest absolute Gasteiger partial charge is 0.251 e. The van der Waals surface area contributed by atoms with Crippen molar-refractivity contribution in [1.82, 2.24) is 14.6 Å². The van der Waals surface area contributed by atoms with E-state index in [1.54, 1.807) is 44.3 Å². The minimum Gasteiger partial charge on any atom is -0.508 e. The van der Waals surface area contributed by atoms with E-state index in [4.69, 9.17) is 0 Å². The summed E-state index contributed by atoms with van der Waals surface area (Å²) in [5, 5.41) is 27.9. The number of phenolic OH excluding ortho intramolecular Hbond substituents is 1. The monoisotopic (exact) mass is 596 g/mol. The third-order valence-electron chi connectivity index (χ3n) is 6.85. The molecular formula is C30H36N4O5S2. The van der Waals surface area contributed by atoms with Crippen molar-refractivity contribution in [2.45, 2.75) is 44.2 Å². The van der Waals surface area contributed by atoms with Gasteiger partial charge in [-0.3, -0.25) is 4.79 Å². The third kappa shape index (κ3) is 7.05. The number of aromatic nitrogens is 1. The molecule has 4 N–H and O–H groups in total. The highest BCUT2D eigenvalue weighted by Gasteiger charge is 2.36. The Bertz CT molecular complexity index is 1610. The van der Waals surface area contributed by atoms with Gasteiger partial charge in [-0.2, -0.15) is 4.31 Å². The van der Waals surface area contributed by atoms with Crippen LogP contribution in [-0.4, -0.2) is 66.1 Å². The van der Waals surface area contributed by atoms with Crippen LogP contribution in [0.3, 0.4) is 0 Å². The Morgan fingerprint density at radius 3 is 2.49 bits per heavy atom. The summed E-state index contributed by atoms with van der Waals surface area (Å²) in [6.45, 7) is 5.46. The Morgan fingerprint density at radius 2 is 1.80 bits per heavy atom. The molecule has 3 aromatic carbocycles. The van der Waals surface area contributed by atoms with Gasteiger partial charge >= 0.3 is 0 Å². The Hall–Kier alpha value is -3.51. The molecule has 4 aromatic rings. The number of sulfonamides is 1. The van der Waals surface area contributed by atoms with E-state index in [1.165, 1.54) is 21.7 Å². The first-order chi connectivity index (χ1) is 19.5. The summed E-state index contributed by atoms with van der Waals surface area (Å²) in [6.07, 6.45) is -0.991. The van der Waals surface area contributed by atoms with Gasteiger partial charge in [0.05, 0.1) is 27.3 Å². The maximum atomic E-state index is 14.2. The highest BCUT2D eigenvalue weighted by atomic mass is 32.2. The number of nitrogens with zero attached hydrogens (tertiary/aromatic N) is 2. The fourth-order valence-corrected chi connectivity index (χ4v) is 7.44. The fourth-order valence-electron chi connectivity index (χ4n) is 4.66. The maximum Gasteiger partial charge on any atom is 0.251 e. The number of hydrogen-bond acceptors (Lipinski definition) is 8. The van der Waals surface area contributed by atoms with Gasteiger partial charge in [-0.25, -0.2) is 13.4 Å². The average molecular weight is 597 g/mol. The zero-order valence-electron chi connectivity index (χ0n) is 23.5. The normalized spacial score (nSPS) is 13.4. The first kappa shape index (κ1) is 30.4. The zero-order chi connectivity index (χ0) is 29.7. The van der Waals surface area contributed by atoms with Gasteiger partial charge in [-0.15, -0.1) is 0 Å². The van der Waals surface area contributed by atoms with Crippen molar-refractivity contribution < 1.29 is 23.4 Å². The van der Waals surface area contributed by atoms with Gasteiger partial charge in [-0.1, -0.05) is 61.6 Å². The van der Waals surface area contributed by atoms with Crippen LogP contribution in [0.15, 0.2) is 71.6 Å². The molecule has 1 aromatic heterocycles. The molecule has 0 aliphatic rings. The molecule has 41 heavy (non-hydrogen) atoms. The van der Waals surface area contributed by atoms with Crippen LogP contribution in [0.2, 0.25) is 0 Å². The number of nitrogens with one attached hydrogen (secondary N) is 2. The van der Waals surface area contributed by atoms with Crippen molar-refractivity contribution in [2.75, 3.05) is 25.5 Å². The number of rotatable bonds is 12. The number of phenols is 1. The lowest BCUT2D eigenvalue weighted by Crippen LogP contribution is -2.52. The van der Waals surface area contributed by atoms with E-state index in [9.17, 15) is 23.4 Å². The molecule has 0 bridgehead atoms. The quantitative estimate of drug-likeness (QED) is 0.191. The number of anilines is 1. The van der Waals surface area contributed by atoms with Gasteiger partial charge < -0.3 is 20.8 Å². The Balaban J connectivity index is 1.69. The minimum absolute atomic E-state index is 0.00546. The largest absolute Gasteiger partial charge is 0.508 e. The van der Waals surface area contributed by atoms with E-state index in [2.05, 4.69) is 15.6 Å². The Labute approximate surface area is 244 Å². The highest BCUT2D eigenvalue weighted by molar-refractivity contribution is 7.89. The Kier molecular flexibility index (Phi) is 9.64. The number of hydrogen-bond donors (Lipinski definition) is 4. The van der Waals surface area contributed by atoms with Crippen LogP contribution >= 0.6 is 11.3 Å². The number of aliphatic hydroxyl groups is 1. The van der Waals surface area contributed by atoms with Crippen molar-refractivity contribution >= 4 is 42.6 Å². The molecule has 1 amide bonds. The van der Waals surface area contributed by atoms with Gasteiger partial charge in [0.25, 0.3) is 5.91 Å². The molecule has 4 rings (SSSR count). The topological polar surface area (TPSA) is 132 Å². The minimum atomic E-state index is -4.07. The summed E-state index contributed by atoms with van der Waals surface area (Å²) in [4.78, 5) is 17.5. The SMILES string of the molecule is CNc1nc2ccc(S(=O)(=O)N(CC(C)C)C(Cc3ccccc3)C(O)CNC(=O)c3cccc(O)c3C)cc2s1. The van der Waals surface area contributed by atoms with Gasteiger partial charge in [0, 0.05) is 31.3 Å². The second-order valence-corrected chi connectivity index (χ2v) is 13.3. The molecule has 1 heterocycles. The second kappa shape index (κ2) is 13.0. The van der Waals surface area contributed by atoms with Crippen molar-refractivity contribution in [1.29, 1.82) is 0 Å². The number of benzene rings is 3. The van der Waals surface area contributed by atoms with Crippen LogP contribution in [0, 0.1) is 12.8 Å². The van der Waals surface area contributed by atoms with Crippen molar-refractivity contribution in [3.05, 3.63) is 83.4 Å². The standard InChI is InChI=1S/C30H36N4O5S2/c1-19(2)18-34(41(38,39)22-13-14-24-28(16-22)40-30(31-4)33-24)25(15-21-9-6-5-7-10-21)27(36)17-32-29(37)23-11-8-12-26(35)20(23)3/h5-14,16,19,25,27,35-36H,15,17-18H2,1-4H3,(H,31,33)(H,32,37).